The van der Waals surface area contributed by atoms with Crippen molar-refractivity contribution in [3.63, 3.8) is 0 Å². The van der Waals surface area contributed by atoms with Gasteiger partial charge in [-0.15, -0.1) is 0 Å². The number of carbonyl (C=O) groups is 1. The summed E-state index contributed by atoms with van der Waals surface area (Å²) in [5.41, 5.74) is 6.97. The van der Waals surface area contributed by atoms with Gasteiger partial charge in [0.2, 0.25) is 5.91 Å². The van der Waals surface area contributed by atoms with Crippen molar-refractivity contribution in [3.8, 4) is 0 Å². The predicted molar refractivity (Wildman–Crippen MR) is 70.7 cm³/mol. The second kappa shape index (κ2) is 7.85. The van der Waals surface area contributed by atoms with Crippen molar-refractivity contribution >= 4 is 5.91 Å². The second-order valence-corrected chi connectivity index (χ2v) is 4.29. The zero-order valence-corrected chi connectivity index (χ0v) is 10.5. The van der Waals surface area contributed by atoms with Gasteiger partial charge in [0, 0.05) is 19.0 Å². The van der Waals surface area contributed by atoms with Gasteiger partial charge in [-0.05, 0) is 24.8 Å². The van der Waals surface area contributed by atoms with Gasteiger partial charge in [0.15, 0.2) is 0 Å². The lowest BCUT2D eigenvalue weighted by Gasteiger charge is -2.09. The molecular weight excluding hydrogens is 212 g/mol. The summed E-state index contributed by atoms with van der Waals surface area (Å²) in [7, 11) is 0. The molecule has 1 rings (SSSR count). The van der Waals surface area contributed by atoms with E-state index in [0.717, 1.165) is 19.3 Å². The van der Waals surface area contributed by atoms with E-state index in [4.69, 9.17) is 5.73 Å². The lowest BCUT2D eigenvalue weighted by molar-refractivity contribution is -0.121. The summed E-state index contributed by atoms with van der Waals surface area (Å²) in [5.74, 6) is 0.108. The highest BCUT2D eigenvalue weighted by atomic mass is 16.1. The summed E-state index contributed by atoms with van der Waals surface area (Å²) in [5, 5.41) is 2.90. The van der Waals surface area contributed by atoms with E-state index in [1.807, 2.05) is 30.3 Å². The largest absolute Gasteiger partial charge is 0.356 e. The number of carbonyl (C=O) groups excluding carboxylic acids is 1. The van der Waals surface area contributed by atoms with E-state index in [2.05, 4.69) is 12.2 Å². The topological polar surface area (TPSA) is 55.1 Å². The van der Waals surface area contributed by atoms with Gasteiger partial charge in [-0.1, -0.05) is 37.3 Å². The zero-order valence-electron chi connectivity index (χ0n) is 10.5. The molecule has 1 aromatic rings. The quantitative estimate of drug-likeness (QED) is 0.756. The van der Waals surface area contributed by atoms with Crippen LogP contribution in [0.1, 0.15) is 31.7 Å². The normalized spacial score (nSPS) is 12.1. The maximum Gasteiger partial charge on any atom is 0.220 e. The molecule has 0 aliphatic rings. The minimum absolute atomic E-state index is 0.108. The number of hydrogen-bond acceptors (Lipinski definition) is 2. The van der Waals surface area contributed by atoms with E-state index < -0.39 is 0 Å². The first kappa shape index (κ1) is 13.7. The molecule has 1 unspecified atom stereocenters. The van der Waals surface area contributed by atoms with Crippen LogP contribution in [0.3, 0.4) is 0 Å². The molecule has 0 aliphatic carbocycles. The van der Waals surface area contributed by atoms with E-state index in [1.165, 1.54) is 5.56 Å². The van der Waals surface area contributed by atoms with Crippen LogP contribution in [-0.4, -0.2) is 18.5 Å². The van der Waals surface area contributed by atoms with E-state index in [0.29, 0.717) is 13.0 Å². The third kappa shape index (κ3) is 6.07. The lowest BCUT2D eigenvalue weighted by atomic mass is 10.1. The Bertz CT molecular complexity index is 324. The van der Waals surface area contributed by atoms with Crippen LogP contribution in [0.4, 0.5) is 0 Å². The Kier molecular flexibility index (Phi) is 6.33. The molecule has 0 saturated heterocycles. The first-order valence-corrected chi connectivity index (χ1v) is 6.28. The summed E-state index contributed by atoms with van der Waals surface area (Å²) in [6.07, 6.45) is 3.16. The van der Waals surface area contributed by atoms with Crippen molar-refractivity contribution in [2.24, 2.45) is 5.73 Å². The van der Waals surface area contributed by atoms with Crippen LogP contribution >= 0.6 is 0 Å². The third-order valence-electron chi connectivity index (χ3n) is 2.85. The molecule has 1 atom stereocenters. The Morgan fingerprint density at radius 1 is 1.35 bits per heavy atom. The summed E-state index contributed by atoms with van der Waals surface area (Å²) in [4.78, 5) is 11.5. The van der Waals surface area contributed by atoms with Gasteiger partial charge in [0.1, 0.15) is 0 Å². The number of aryl methyl sites for hydroxylation is 1. The van der Waals surface area contributed by atoms with Crippen LogP contribution in [-0.2, 0) is 11.2 Å². The molecule has 0 aromatic heterocycles. The molecule has 3 heteroatoms. The van der Waals surface area contributed by atoms with Gasteiger partial charge >= 0.3 is 0 Å². The number of amides is 1. The average Bonchev–Trinajstić information content (AvgIpc) is 2.37. The molecule has 0 fully saturated rings. The summed E-state index contributed by atoms with van der Waals surface area (Å²) >= 11 is 0. The number of nitrogens with two attached hydrogens (primary N) is 1. The maximum atomic E-state index is 11.5. The first-order valence-electron chi connectivity index (χ1n) is 6.28. The second-order valence-electron chi connectivity index (χ2n) is 4.29. The van der Waals surface area contributed by atoms with Gasteiger partial charge in [-0.25, -0.2) is 0 Å². The molecule has 17 heavy (non-hydrogen) atoms. The van der Waals surface area contributed by atoms with Crippen molar-refractivity contribution in [1.82, 2.24) is 5.32 Å². The minimum atomic E-state index is 0.108. The van der Waals surface area contributed by atoms with Crippen LogP contribution in [0.5, 0.6) is 0 Å². The summed E-state index contributed by atoms with van der Waals surface area (Å²) in [6.45, 7) is 2.74. The molecule has 0 saturated carbocycles. The lowest BCUT2D eigenvalue weighted by Crippen LogP contribution is -2.30. The summed E-state index contributed by atoms with van der Waals surface area (Å²) < 4.78 is 0. The molecule has 0 spiro atoms. The molecule has 1 amide bonds. The standard InChI is InChI=1S/C14H22N2O/c1-2-13(15)10-11-16-14(17)9-8-12-6-4-3-5-7-12/h3-7,13H,2,8-11,15H2,1H3,(H,16,17). The number of rotatable bonds is 7. The van der Waals surface area contributed by atoms with E-state index in [1.54, 1.807) is 0 Å². The van der Waals surface area contributed by atoms with Crippen LogP contribution < -0.4 is 11.1 Å². The highest BCUT2D eigenvalue weighted by molar-refractivity contribution is 5.76. The van der Waals surface area contributed by atoms with Crippen LogP contribution in [0, 0.1) is 0 Å². The molecule has 0 bridgehead atoms. The Morgan fingerprint density at radius 2 is 2.06 bits per heavy atom. The van der Waals surface area contributed by atoms with Crippen molar-refractivity contribution in [2.45, 2.75) is 38.6 Å². The zero-order chi connectivity index (χ0) is 12.5. The molecule has 0 radical (unpaired) electrons. The number of nitrogens with one attached hydrogen (secondary N) is 1. The van der Waals surface area contributed by atoms with Gasteiger partial charge < -0.3 is 11.1 Å². The highest BCUT2D eigenvalue weighted by Crippen LogP contribution is 2.02. The molecule has 94 valence electrons. The SMILES string of the molecule is CCC(N)CCNC(=O)CCc1ccccc1. The fraction of sp³-hybridized carbons (Fsp3) is 0.500. The molecule has 3 N–H and O–H groups in total. The van der Waals surface area contributed by atoms with Crippen molar-refractivity contribution in [3.05, 3.63) is 35.9 Å². The van der Waals surface area contributed by atoms with Crippen LogP contribution in [0.25, 0.3) is 0 Å². The molecule has 1 aromatic carbocycles. The first-order chi connectivity index (χ1) is 8.22. The fourth-order valence-electron chi connectivity index (χ4n) is 1.59. The monoisotopic (exact) mass is 234 g/mol. The van der Waals surface area contributed by atoms with Gasteiger partial charge in [0.25, 0.3) is 0 Å². The van der Waals surface area contributed by atoms with Crippen molar-refractivity contribution in [1.29, 1.82) is 0 Å². The van der Waals surface area contributed by atoms with Crippen LogP contribution in [0.2, 0.25) is 0 Å². The molecular formula is C14H22N2O. The van der Waals surface area contributed by atoms with E-state index in [-0.39, 0.29) is 11.9 Å². The van der Waals surface area contributed by atoms with Gasteiger partial charge in [-0.2, -0.15) is 0 Å². The maximum absolute atomic E-state index is 11.5. The highest BCUT2D eigenvalue weighted by Gasteiger charge is 2.03. The van der Waals surface area contributed by atoms with E-state index >= 15 is 0 Å². The number of hydrogen-bond donors (Lipinski definition) is 2. The number of benzene rings is 1. The van der Waals surface area contributed by atoms with Gasteiger partial charge in [0.05, 0.1) is 0 Å². The van der Waals surface area contributed by atoms with Gasteiger partial charge in [-0.3, -0.25) is 4.79 Å². The Hall–Kier alpha value is -1.35. The Morgan fingerprint density at radius 3 is 2.71 bits per heavy atom. The Balaban J connectivity index is 2.13. The Labute approximate surface area is 103 Å². The fourth-order valence-corrected chi connectivity index (χ4v) is 1.59. The average molecular weight is 234 g/mol. The summed E-state index contributed by atoms with van der Waals surface area (Å²) in [6, 6.07) is 10.3. The third-order valence-corrected chi connectivity index (χ3v) is 2.85. The molecule has 3 nitrogen and oxygen atoms in total. The van der Waals surface area contributed by atoms with Crippen molar-refractivity contribution < 1.29 is 4.79 Å². The van der Waals surface area contributed by atoms with Crippen LogP contribution in [0.15, 0.2) is 30.3 Å². The smallest absolute Gasteiger partial charge is 0.220 e. The minimum Gasteiger partial charge on any atom is -0.356 e. The predicted octanol–water partition coefficient (Wildman–Crippen LogP) is 1.86. The van der Waals surface area contributed by atoms with Crippen molar-refractivity contribution in [2.75, 3.05) is 6.54 Å². The molecule has 0 aliphatic heterocycles. The van der Waals surface area contributed by atoms with E-state index in [9.17, 15) is 4.79 Å². The molecule has 0 heterocycles.